The molecule has 1 aromatic carbocycles. The van der Waals surface area contributed by atoms with Gasteiger partial charge in [0.1, 0.15) is 5.75 Å². The number of rotatable bonds is 7. The van der Waals surface area contributed by atoms with Crippen molar-refractivity contribution in [2.24, 2.45) is 0 Å². The van der Waals surface area contributed by atoms with Gasteiger partial charge in [0.25, 0.3) is 5.91 Å². The van der Waals surface area contributed by atoms with Crippen LogP contribution < -0.4 is 10.1 Å². The second-order valence-electron chi connectivity index (χ2n) is 4.71. The summed E-state index contributed by atoms with van der Waals surface area (Å²) in [5.41, 5.74) is 1.99. The fraction of sp³-hybridized carbons (Fsp3) is 0.333. The Labute approximate surface area is 128 Å². The number of methoxy groups -OCH3 is 2. The molecule has 0 fully saturated rings. The topological polar surface area (TPSA) is 96.5 Å². The maximum absolute atomic E-state index is 12.0. The number of carbonyl (C=O) groups is 1. The van der Waals surface area contributed by atoms with Gasteiger partial charge in [-0.15, -0.1) is 0 Å². The molecule has 1 heterocycles. The van der Waals surface area contributed by atoms with E-state index >= 15 is 0 Å². The van der Waals surface area contributed by atoms with E-state index in [1.54, 1.807) is 44.6 Å². The van der Waals surface area contributed by atoms with E-state index in [1.165, 1.54) is 0 Å². The summed E-state index contributed by atoms with van der Waals surface area (Å²) >= 11 is 0. The van der Waals surface area contributed by atoms with E-state index in [0.29, 0.717) is 17.9 Å². The molecule has 7 heteroatoms. The van der Waals surface area contributed by atoms with E-state index in [2.05, 4.69) is 15.5 Å². The molecule has 1 aromatic heterocycles. The molecule has 2 rings (SSSR count). The number of aliphatic hydroxyl groups is 1. The van der Waals surface area contributed by atoms with Crippen LogP contribution in [0.5, 0.6) is 5.75 Å². The molecule has 0 aliphatic rings. The summed E-state index contributed by atoms with van der Waals surface area (Å²) in [4.78, 5) is 12.0. The second kappa shape index (κ2) is 7.58. The standard InChI is InChI=1S/C15H19N3O4/c1-21-9-12-7-11(17-18-12)8-16-15(20)14(19)10-3-5-13(22-2)6-4-10/h3-7,14,19H,8-9H2,1-2H3,(H,16,20)(H,17,18)/t14-/m1/s1. The molecule has 22 heavy (non-hydrogen) atoms. The Hall–Kier alpha value is -2.38. The van der Waals surface area contributed by atoms with Crippen LogP contribution in [0.15, 0.2) is 30.3 Å². The molecule has 0 unspecified atom stereocenters. The number of H-pyrrole nitrogens is 1. The first-order chi connectivity index (χ1) is 10.6. The normalized spacial score (nSPS) is 12.0. The molecule has 2 aromatic rings. The zero-order chi connectivity index (χ0) is 15.9. The summed E-state index contributed by atoms with van der Waals surface area (Å²) in [6, 6.07) is 8.48. The average Bonchev–Trinajstić information content (AvgIpc) is 3.00. The Morgan fingerprint density at radius 2 is 2.09 bits per heavy atom. The van der Waals surface area contributed by atoms with Gasteiger partial charge in [0, 0.05) is 7.11 Å². The van der Waals surface area contributed by atoms with Gasteiger partial charge in [0.15, 0.2) is 6.10 Å². The van der Waals surface area contributed by atoms with Crippen molar-refractivity contribution >= 4 is 5.91 Å². The third kappa shape index (κ3) is 4.06. The molecule has 1 amide bonds. The van der Waals surface area contributed by atoms with Crippen LogP contribution in [0.3, 0.4) is 0 Å². The van der Waals surface area contributed by atoms with E-state index in [9.17, 15) is 9.90 Å². The number of nitrogens with one attached hydrogen (secondary N) is 2. The predicted octanol–water partition coefficient (Wildman–Crippen LogP) is 0.915. The van der Waals surface area contributed by atoms with Crippen molar-refractivity contribution in [2.75, 3.05) is 14.2 Å². The molecule has 0 radical (unpaired) electrons. The van der Waals surface area contributed by atoms with Gasteiger partial charge in [0.2, 0.25) is 0 Å². The Kier molecular flexibility index (Phi) is 5.51. The van der Waals surface area contributed by atoms with E-state index in [4.69, 9.17) is 9.47 Å². The number of nitrogens with zero attached hydrogens (tertiary/aromatic N) is 1. The van der Waals surface area contributed by atoms with Gasteiger partial charge in [-0.3, -0.25) is 9.89 Å². The highest BCUT2D eigenvalue weighted by molar-refractivity contribution is 5.81. The van der Waals surface area contributed by atoms with Crippen LogP contribution in [0.1, 0.15) is 23.1 Å². The van der Waals surface area contributed by atoms with Crippen molar-refractivity contribution in [3.8, 4) is 5.75 Å². The number of hydrogen-bond donors (Lipinski definition) is 3. The van der Waals surface area contributed by atoms with Crippen LogP contribution in [0, 0.1) is 0 Å². The Morgan fingerprint density at radius 3 is 2.73 bits per heavy atom. The highest BCUT2D eigenvalue weighted by Crippen LogP contribution is 2.17. The fourth-order valence-corrected chi connectivity index (χ4v) is 1.94. The maximum Gasteiger partial charge on any atom is 0.253 e. The minimum Gasteiger partial charge on any atom is -0.497 e. The van der Waals surface area contributed by atoms with Crippen molar-refractivity contribution in [2.45, 2.75) is 19.3 Å². The molecule has 0 aliphatic carbocycles. The largest absolute Gasteiger partial charge is 0.497 e. The number of aromatic amines is 1. The van der Waals surface area contributed by atoms with Crippen LogP contribution in [-0.2, 0) is 22.7 Å². The molecule has 0 saturated heterocycles. The average molecular weight is 305 g/mol. The smallest absolute Gasteiger partial charge is 0.253 e. The van der Waals surface area contributed by atoms with Crippen molar-refractivity contribution in [1.82, 2.24) is 15.5 Å². The first-order valence-corrected chi connectivity index (χ1v) is 6.76. The number of amides is 1. The lowest BCUT2D eigenvalue weighted by Crippen LogP contribution is -2.28. The van der Waals surface area contributed by atoms with Crippen molar-refractivity contribution in [3.63, 3.8) is 0 Å². The molecule has 0 bridgehead atoms. The zero-order valence-electron chi connectivity index (χ0n) is 12.5. The molecule has 1 atom stereocenters. The number of aromatic nitrogens is 2. The predicted molar refractivity (Wildman–Crippen MR) is 79.1 cm³/mol. The SMILES string of the molecule is COCc1cc(CNC(=O)[C@H](O)c2ccc(OC)cc2)[nH]n1. The van der Waals surface area contributed by atoms with Gasteiger partial charge in [-0.05, 0) is 23.8 Å². The number of hydrogen-bond acceptors (Lipinski definition) is 5. The number of ether oxygens (including phenoxy) is 2. The number of carbonyl (C=O) groups excluding carboxylic acids is 1. The summed E-state index contributed by atoms with van der Waals surface area (Å²) < 4.78 is 10.00. The van der Waals surface area contributed by atoms with Crippen LogP contribution in [-0.4, -0.2) is 35.4 Å². The lowest BCUT2D eigenvalue weighted by Gasteiger charge is -2.11. The summed E-state index contributed by atoms with van der Waals surface area (Å²) in [6.45, 7) is 0.654. The van der Waals surface area contributed by atoms with Crippen LogP contribution in [0.25, 0.3) is 0 Å². The van der Waals surface area contributed by atoms with E-state index in [1.807, 2.05) is 0 Å². The van der Waals surface area contributed by atoms with Crippen molar-refractivity contribution in [3.05, 3.63) is 47.3 Å². The van der Waals surface area contributed by atoms with Crippen LogP contribution >= 0.6 is 0 Å². The quantitative estimate of drug-likeness (QED) is 0.706. The maximum atomic E-state index is 12.0. The molecule has 7 nitrogen and oxygen atoms in total. The number of aliphatic hydroxyl groups excluding tert-OH is 1. The van der Waals surface area contributed by atoms with Crippen LogP contribution in [0.4, 0.5) is 0 Å². The van der Waals surface area contributed by atoms with Gasteiger partial charge in [-0.25, -0.2) is 0 Å². The van der Waals surface area contributed by atoms with Gasteiger partial charge >= 0.3 is 0 Å². The highest BCUT2D eigenvalue weighted by atomic mass is 16.5. The van der Waals surface area contributed by atoms with Gasteiger partial charge in [-0.1, -0.05) is 12.1 Å². The first kappa shape index (κ1) is 16.0. The summed E-state index contributed by atoms with van der Waals surface area (Å²) in [6.07, 6.45) is -1.23. The first-order valence-electron chi connectivity index (χ1n) is 6.76. The van der Waals surface area contributed by atoms with Crippen molar-refractivity contribution in [1.29, 1.82) is 0 Å². The monoisotopic (exact) mass is 305 g/mol. The third-order valence-corrected chi connectivity index (χ3v) is 3.11. The summed E-state index contributed by atoms with van der Waals surface area (Å²) in [5, 5.41) is 19.5. The molecule has 118 valence electrons. The lowest BCUT2D eigenvalue weighted by molar-refractivity contribution is -0.129. The number of benzene rings is 1. The molecular formula is C15H19N3O4. The van der Waals surface area contributed by atoms with E-state index < -0.39 is 12.0 Å². The van der Waals surface area contributed by atoms with Gasteiger partial charge in [0.05, 0.1) is 31.6 Å². The highest BCUT2D eigenvalue weighted by Gasteiger charge is 2.17. The fourth-order valence-electron chi connectivity index (χ4n) is 1.94. The molecular weight excluding hydrogens is 286 g/mol. The molecule has 3 N–H and O–H groups in total. The van der Waals surface area contributed by atoms with Gasteiger partial charge in [-0.2, -0.15) is 5.10 Å². The van der Waals surface area contributed by atoms with Gasteiger partial charge < -0.3 is 19.9 Å². The van der Waals surface area contributed by atoms with Crippen molar-refractivity contribution < 1.29 is 19.4 Å². The second-order valence-corrected chi connectivity index (χ2v) is 4.71. The van der Waals surface area contributed by atoms with Crippen LogP contribution in [0.2, 0.25) is 0 Å². The minimum absolute atomic E-state index is 0.253. The Balaban J connectivity index is 1.89. The lowest BCUT2D eigenvalue weighted by atomic mass is 10.1. The molecule has 0 saturated carbocycles. The zero-order valence-corrected chi connectivity index (χ0v) is 12.5. The minimum atomic E-state index is -1.23. The Morgan fingerprint density at radius 1 is 1.36 bits per heavy atom. The summed E-state index contributed by atoms with van der Waals surface area (Å²) in [7, 11) is 3.14. The summed E-state index contributed by atoms with van der Waals surface area (Å²) in [5.74, 6) is 0.188. The van der Waals surface area contributed by atoms with E-state index in [-0.39, 0.29) is 6.54 Å². The van der Waals surface area contributed by atoms with E-state index in [0.717, 1.165) is 11.4 Å². The Bertz CT molecular complexity index is 610. The molecule has 0 aliphatic heterocycles. The molecule has 0 spiro atoms. The third-order valence-electron chi connectivity index (χ3n) is 3.11.